The Balaban J connectivity index is 0.000000637. The molecule has 3 nitrogen and oxygen atoms in total. The second-order valence-electron chi connectivity index (χ2n) is 3.95. The normalized spacial score (nSPS) is 11.7. The molecule has 2 N–H and O–H groups in total. The van der Waals surface area contributed by atoms with E-state index in [9.17, 15) is 5.11 Å². The van der Waals surface area contributed by atoms with E-state index in [-0.39, 0.29) is 0 Å². The molecular weight excluding hydrogens is 260 g/mol. The van der Waals surface area contributed by atoms with Gasteiger partial charge >= 0.3 is 0 Å². The number of aliphatic hydroxyl groups is 1. The minimum Gasteiger partial charge on any atom is -0.380 e. The van der Waals surface area contributed by atoms with E-state index in [1.807, 2.05) is 54.6 Å². The van der Waals surface area contributed by atoms with Crippen LogP contribution in [-0.4, -0.2) is 21.5 Å². The maximum absolute atomic E-state index is 10.2. The third-order valence-corrected chi connectivity index (χ3v) is 2.78. The van der Waals surface area contributed by atoms with Crippen molar-refractivity contribution >= 4 is 22.6 Å². The van der Waals surface area contributed by atoms with Gasteiger partial charge in [-0.3, -0.25) is 0 Å². The summed E-state index contributed by atoms with van der Waals surface area (Å²) >= 11 is 4.64. The zero-order chi connectivity index (χ0) is 13.7. The second-order valence-corrected chi connectivity index (χ2v) is 3.95. The number of imidazole rings is 1. The van der Waals surface area contributed by atoms with Gasteiger partial charge in [-0.25, -0.2) is 4.98 Å². The van der Waals surface area contributed by atoms with Crippen LogP contribution in [0.5, 0.6) is 0 Å². The zero-order valence-electron chi connectivity index (χ0n) is 10.5. The van der Waals surface area contributed by atoms with Gasteiger partial charge < -0.3 is 10.1 Å². The first-order chi connectivity index (χ1) is 9.34. The molecule has 0 amide bonds. The summed E-state index contributed by atoms with van der Waals surface area (Å²) in [5.74, 6) is 0.581. The molecule has 1 aromatic heterocycles. The summed E-state index contributed by atoms with van der Waals surface area (Å²) in [5.41, 5.74) is 2.65. The van der Waals surface area contributed by atoms with Crippen molar-refractivity contribution in [2.45, 2.75) is 6.10 Å². The monoisotopic (exact) mass is 274 g/mol. The Bertz CT molecular complexity index is 604. The Morgan fingerprint density at radius 3 is 2.32 bits per heavy atom. The fourth-order valence-electron chi connectivity index (χ4n) is 1.90. The Morgan fingerprint density at radius 1 is 1.00 bits per heavy atom. The van der Waals surface area contributed by atoms with Crippen molar-refractivity contribution in [2.75, 3.05) is 6.38 Å². The van der Waals surface area contributed by atoms with E-state index in [0.29, 0.717) is 5.82 Å². The van der Waals surface area contributed by atoms with Crippen LogP contribution in [0.15, 0.2) is 54.6 Å². The summed E-state index contributed by atoms with van der Waals surface area (Å²) in [6.45, 7) is 0. The number of benzene rings is 2. The average Bonchev–Trinajstić information content (AvgIpc) is 2.93. The SMILES string of the molecule is CCl.OC(c1ccccc1)c1nc2ccccc2[nH]1. The average molecular weight is 275 g/mol. The Hall–Kier alpha value is -1.84. The molecule has 0 aliphatic carbocycles. The minimum atomic E-state index is -0.705. The van der Waals surface area contributed by atoms with Gasteiger partial charge in [0.15, 0.2) is 0 Å². The summed E-state index contributed by atoms with van der Waals surface area (Å²) in [4.78, 5) is 7.52. The van der Waals surface area contributed by atoms with Crippen LogP contribution in [0.2, 0.25) is 0 Å². The van der Waals surface area contributed by atoms with E-state index in [1.165, 1.54) is 6.38 Å². The molecule has 3 rings (SSSR count). The van der Waals surface area contributed by atoms with Crippen molar-refractivity contribution in [3.63, 3.8) is 0 Å². The van der Waals surface area contributed by atoms with Crippen LogP contribution in [-0.2, 0) is 0 Å². The van der Waals surface area contributed by atoms with Crippen LogP contribution in [0.25, 0.3) is 11.0 Å². The molecular formula is C15H15ClN2O. The number of aromatic nitrogens is 2. The predicted molar refractivity (Wildman–Crippen MR) is 78.4 cm³/mol. The highest BCUT2D eigenvalue weighted by molar-refractivity contribution is 6.15. The standard InChI is InChI=1S/C14H12N2O.CH3Cl/c17-13(10-6-2-1-3-7-10)14-15-11-8-4-5-9-12(11)16-14;1-2/h1-9,13,17H,(H,15,16);1H3. The highest BCUT2D eigenvalue weighted by atomic mass is 35.5. The number of aliphatic hydroxyl groups excluding tert-OH is 1. The molecule has 1 unspecified atom stereocenters. The molecule has 0 bridgehead atoms. The molecule has 0 radical (unpaired) electrons. The Labute approximate surface area is 116 Å². The number of nitrogens with one attached hydrogen (secondary N) is 1. The highest BCUT2D eigenvalue weighted by Gasteiger charge is 2.13. The maximum Gasteiger partial charge on any atom is 0.140 e. The van der Waals surface area contributed by atoms with Gasteiger partial charge in [-0.2, -0.15) is 0 Å². The molecule has 0 saturated carbocycles. The van der Waals surface area contributed by atoms with Crippen molar-refractivity contribution in [2.24, 2.45) is 0 Å². The molecule has 0 saturated heterocycles. The van der Waals surface area contributed by atoms with E-state index < -0.39 is 6.10 Å². The van der Waals surface area contributed by atoms with Crippen LogP contribution in [0, 0.1) is 0 Å². The second kappa shape index (κ2) is 6.36. The van der Waals surface area contributed by atoms with Gasteiger partial charge in [-0.15, -0.1) is 11.6 Å². The van der Waals surface area contributed by atoms with Crippen molar-refractivity contribution in [3.05, 3.63) is 66.0 Å². The van der Waals surface area contributed by atoms with E-state index in [1.54, 1.807) is 0 Å². The van der Waals surface area contributed by atoms with Crippen LogP contribution >= 0.6 is 11.6 Å². The molecule has 19 heavy (non-hydrogen) atoms. The molecule has 0 fully saturated rings. The first-order valence-corrected chi connectivity index (χ1v) is 6.65. The van der Waals surface area contributed by atoms with Crippen molar-refractivity contribution in [1.82, 2.24) is 9.97 Å². The van der Waals surface area contributed by atoms with E-state index in [4.69, 9.17) is 0 Å². The maximum atomic E-state index is 10.2. The number of nitrogens with zero attached hydrogens (tertiary/aromatic N) is 1. The van der Waals surface area contributed by atoms with E-state index in [2.05, 4.69) is 21.6 Å². The largest absolute Gasteiger partial charge is 0.380 e. The first-order valence-electron chi connectivity index (χ1n) is 5.90. The van der Waals surface area contributed by atoms with Gasteiger partial charge in [-0.05, 0) is 17.7 Å². The quantitative estimate of drug-likeness (QED) is 0.703. The fourth-order valence-corrected chi connectivity index (χ4v) is 1.90. The topological polar surface area (TPSA) is 48.9 Å². The van der Waals surface area contributed by atoms with Gasteiger partial charge in [0.2, 0.25) is 0 Å². The number of rotatable bonds is 2. The third kappa shape index (κ3) is 2.95. The number of para-hydroxylation sites is 2. The lowest BCUT2D eigenvalue weighted by atomic mass is 10.1. The van der Waals surface area contributed by atoms with Gasteiger partial charge in [0, 0.05) is 6.38 Å². The number of hydrogen-bond acceptors (Lipinski definition) is 2. The molecule has 1 atom stereocenters. The lowest BCUT2D eigenvalue weighted by Gasteiger charge is -2.06. The van der Waals surface area contributed by atoms with E-state index >= 15 is 0 Å². The van der Waals surface area contributed by atoms with Crippen molar-refractivity contribution < 1.29 is 5.11 Å². The van der Waals surface area contributed by atoms with Gasteiger partial charge in [0.05, 0.1) is 11.0 Å². The predicted octanol–water partition coefficient (Wildman–Crippen LogP) is 3.50. The summed E-state index contributed by atoms with van der Waals surface area (Å²) in [6, 6.07) is 17.3. The van der Waals surface area contributed by atoms with Crippen LogP contribution in [0.1, 0.15) is 17.5 Å². The fraction of sp³-hybridized carbons (Fsp3) is 0.133. The first kappa shape index (κ1) is 13.6. The van der Waals surface area contributed by atoms with Crippen molar-refractivity contribution in [3.8, 4) is 0 Å². The van der Waals surface area contributed by atoms with Gasteiger partial charge in [0.1, 0.15) is 11.9 Å². The molecule has 1 heterocycles. The third-order valence-electron chi connectivity index (χ3n) is 2.78. The van der Waals surface area contributed by atoms with Crippen LogP contribution < -0.4 is 0 Å². The summed E-state index contributed by atoms with van der Waals surface area (Å²) in [6.07, 6.45) is 0.767. The number of halogens is 1. The van der Waals surface area contributed by atoms with Crippen molar-refractivity contribution in [1.29, 1.82) is 0 Å². The molecule has 98 valence electrons. The zero-order valence-corrected chi connectivity index (χ0v) is 11.3. The number of aromatic amines is 1. The number of alkyl halides is 1. The summed E-state index contributed by atoms with van der Waals surface area (Å²) in [7, 11) is 0. The van der Waals surface area contributed by atoms with Gasteiger partial charge in [-0.1, -0.05) is 42.5 Å². The molecule has 2 aromatic carbocycles. The molecule has 0 aliphatic heterocycles. The summed E-state index contributed by atoms with van der Waals surface area (Å²) in [5, 5.41) is 10.2. The number of hydrogen-bond donors (Lipinski definition) is 2. The molecule has 0 aliphatic rings. The van der Waals surface area contributed by atoms with Gasteiger partial charge in [0.25, 0.3) is 0 Å². The number of fused-ring (bicyclic) bond motifs is 1. The number of H-pyrrole nitrogens is 1. The van der Waals surface area contributed by atoms with E-state index in [0.717, 1.165) is 16.6 Å². The molecule has 0 spiro atoms. The molecule has 3 aromatic rings. The minimum absolute atomic E-state index is 0.581. The Kier molecular flexibility index (Phi) is 4.55. The summed E-state index contributed by atoms with van der Waals surface area (Å²) < 4.78 is 0. The van der Waals surface area contributed by atoms with Crippen LogP contribution in [0.4, 0.5) is 0 Å². The molecule has 4 heteroatoms. The smallest absolute Gasteiger partial charge is 0.140 e. The Morgan fingerprint density at radius 2 is 1.63 bits per heavy atom. The van der Waals surface area contributed by atoms with Crippen LogP contribution in [0.3, 0.4) is 0 Å². The highest BCUT2D eigenvalue weighted by Crippen LogP contribution is 2.21. The lowest BCUT2D eigenvalue weighted by molar-refractivity contribution is 0.211. The lowest BCUT2D eigenvalue weighted by Crippen LogP contribution is -2.01.